The maximum Gasteiger partial charge on any atom is 0.253 e. The number of rotatable bonds is 5. The van der Waals surface area contributed by atoms with E-state index in [9.17, 15) is 13.2 Å². The van der Waals surface area contributed by atoms with Gasteiger partial charge < -0.3 is 9.80 Å². The lowest BCUT2D eigenvalue weighted by atomic mass is 10.3. The van der Waals surface area contributed by atoms with Crippen molar-refractivity contribution >= 4 is 66.4 Å². The van der Waals surface area contributed by atoms with Crippen molar-refractivity contribution in [3.05, 3.63) is 46.8 Å². The number of hydrogen-bond donors (Lipinski definition) is 0. The molecule has 13 heteroatoms. The molecule has 1 aromatic carbocycles. The second-order valence-electron chi connectivity index (χ2n) is 8.17. The van der Waals surface area contributed by atoms with Crippen LogP contribution in [0.25, 0.3) is 10.1 Å². The van der Waals surface area contributed by atoms with Crippen molar-refractivity contribution in [1.82, 2.24) is 24.1 Å². The van der Waals surface area contributed by atoms with Gasteiger partial charge in [0, 0.05) is 55.2 Å². The Kier molecular flexibility index (Phi) is 6.66. The summed E-state index contributed by atoms with van der Waals surface area (Å²) in [6.45, 7) is 3.98. The van der Waals surface area contributed by atoms with Crippen LogP contribution < -0.4 is 4.90 Å². The highest BCUT2D eigenvalue weighted by Crippen LogP contribution is 2.33. The Morgan fingerprint density at radius 1 is 1.00 bits per heavy atom. The van der Waals surface area contributed by atoms with Crippen LogP contribution in [0.5, 0.6) is 0 Å². The second kappa shape index (κ2) is 9.56. The molecule has 0 atom stereocenters. The first-order valence-electron chi connectivity index (χ1n) is 10.7. The van der Waals surface area contributed by atoms with E-state index in [0.29, 0.717) is 18.2 Å². The van der Waals surface area contributed by atoms with Crippen LogP contribution in [0.2, 0.25) is 10.3 Å². The van der Waals surface area contributed by atoms with Gasteiger partial charge in [-0.1, -0.05) is 17.7 Å². The third kappa shape index (κ3) is 4.86. The first-order chi connectivity index (χ1) is 16.3. The number of nitrogens with zero attached hydrogens (tertiary/aromatic N) is 6. The molecule has 2 aliphatic rings. The fraction of sp³-hybridized carbons (Fsp3) is 0.381. The molecule has 0 bridgehead atoms. The normalized spacial score (nSPS) is 18.7. The lowest BCUT2D eigenvalue weighted by Gasteiger charge is -2.40. The molecule has 0 unspecified atom stereocenters. The molecule has 2 saturated heterocycles. The molecule has 34 heavy (non-hydrogen) atoms. The molecule has 2 aromatic heterocycles. The summed E-state index contributed by atoms with van der Waals surface area (Å²) in [7, 11) is -3.75. The summed E-state index contributed by atoms with van der Waals surface area (Å²) < 4.78 is 28.7. The third-order valence-corrected chi connectivity index (χ3v) is 9.83. The minimum atomic E-state index is -3.75. The minimum Gasteiger partial charge on any atom is -0.354 e. The molecule has 2 fully saturated rings. The van der Waals surface area contributed by atoms with Crippen molar-refractivity contribution < 1.29 is 13.2 Å². The van der Waals surface area contributed by atoms with E-state index in [0.717, 1.165) is 42.1 Å². The van der Waals surface area contributed by atoms with Crippen molar-refractivity contribution in [2.45, 2.75) is 4.21 Å². The molecular formula is C21H22Cl2N6O3S2. The van der Waals surface area contributed by atoms with E-state index in [1.54, 1.807) is 35.4 Å². The van der Waals surface area contributed by atoms with Gasteiger partial charge in [-0.3, -0.25) is 9.69 Å². The highest BCUT2D eigenvalue weighted by Gasteiger charge is 2.34. The average molecular weight is 541 g/mol. The highest BCUT2D eigenvalue weighted by molar-refractivity contribution is 7.91. The van der Waals surface area contributed by atoms with Gasteiger partial charge in [-0.05, 0) is 41.3 Å². The molecule has 0 N–H and O–H groups in total. The van der Waals surface area contributed by atoms with Crippen molar-refractivity contribution in [3.8, 4) is 0 Å². The van der Waals surface area contributed by atoms with E-state index >= 15 is 0 Å². The monoisotopic (exact) mass is 540 g/mol. The number of halogens is 2. The largest absolute Gasteiger partial charge is 0.354 e. The molecule has 9 nitrogen and oxygen atoms in total. The van der Waals surface area contributed by atoms with Crippen molar-refractivity contribution in [2.75, 3.05) is 57.4 Å². The number of benzene rings is 1. The molecule has 5 rings (SSSR count). The van der Waals surface area contributed by atoms with Gasteiger partial charge in [0.1, 0.15) is 10.0 Å². The number of thiophene rings is 1. The molecular weight excluding hydrogens is 519 g/mol. The van der Waals surface area contributed by atoms with Gasteiger partial charge in [0.05, 0.1) is 13.2 Å². The number of carbonyl (C=O) groups excluding carboxylic acids is 1. The smallest absolute Gasteiger partial charge is 0.253 e. The van der Waals surface area contributed by atoms with Gasteiger partial charge in [-0.15, -0.1) is 11.3 Å². The molecule has 180 valence electrons. The van der Waals surface area contributed by atoms with Crippen LogP contribution in [0.1, 0.15) is 0 Å². The Hall–Kier alpha value is -2.02. The third-order valence-electron chi connectivity index (χ3n) is 6.02. The molecule has 3 aromatic rings. The van der Waals surface area contributed by atoms with Crippen molar-refractivity contribution in [3.63, 3.8) is 0 Å². The van der Waals surface area contributed by atoms with Crippen LogP contribution in [-0.4, -0.2) is 90.9 Å². The highest BCUT2D eigenvalue weighted by atomic mass is 35.5. The Labute approximate surface area is 211 Å². The fourth-order valence-electron chi connectivity index (χ4n) is 4.14. The minimum absolute atomic E-state index is 0.156. The summed E-state index contributed by atoms with van der Waals surface area (Å²) in [4.78, 5) is 27.1. The van der Waals surface area contributed by atoms with Crippen LogP contribution in [0.4, 0.5) is 5.82 Å². The number of fused-ring (bicyclic) bond motifs is 1. The van der Waals surface area contributed by atoms with E-state index in [2.05, 4.69) is 19.8 Å². The van der Waals surface area contributed by atoms with Gasteiger partial charge >= 0.3 is 0 Å². The number of sulfonamides is 1. The van der Waals surface area contributed by atoms with Gasteiger partial charge in [0.25, 0.3) is 10.0 Å². The fourth-order valence-corrected chi connectivity index (χ4v) is 7.49. The predicted octanol–water partition coefficient (Wildman–Crippen LogP) is 2.61. The molecule has 0 radical (unpaired) electrons. The molecule has 1 amide bonds. The van der Waals surface area contributed by atoms with Gasteiger partial charge in [-0.2, -0.15) is 4.31 Å². The van der Waals surface area contributed by atoms with E-state index < -0.39 is 10.0 Å². The Bertz CT molecular complexity index is 1330. The maximum atomic E-state index is 13.2. The zero-order valence-corrected chi connectivity index (χ0v) is 21.2. The number of carbonyl (C=O) groups is 1. The molecule has 0 spiro atoms. The predicted molar refractivity (Wildman–Crippen MR) is 133 cm³/mol. The van der Waals surface area contributed by atoms with Gasteiger partial charge in [0.15, 0.2) is 0 Å². The molecule has 0 aliphatic carbocycles. The van der Waals surface area contributed by atoms with E-state index in [4.69, 9.17) is 23.2 Å². The SMILES string of the molecule is O=C1CN(S(=O)(=O)c2cc3ccc(Cl)cc3s2)CCN1CN1CCN(c2ccnc(Cl)n2)CC1. The van der Waals surface area contributed by atoms with Crippen LogP contribution in [0.3, 0.4) is 0 Å². The van der Waals surface area contributed by atoms with E-state index in [1.165, 1.54) is 15.6 Å². The summed E-state index contributed by atoms with van der Waals surface area (Å²) in [6, 6.07) is 8.76. The summed E-state index contributed by atoms with van der Waals surface area (Å²) in [5, 5.41) is 1.60. The molecule has 4 heterocycles. The Morgan fingerprint density at radius 2 is 1.79 bits per heavy atom. The first kappa shape index (κ1) is 23.7. The van der Waals surface area contributed by atoms with Crippen LogP contribution in [0, 0.1) is 0 Å². The number of hydrogen-bond acceptors (Lipinski definition) is 8. The summed E-state index contributed by atoms with van der Waals surface area (Å²) in [5.74, 6) is 0.599. The Morgan fingerprint density at radius 3 is 2.53 bits per heavy atom. The van der Waals surface area contributed by atoms with Crippen molar-refractivity contribution in [2.24, 2.45) is 0 Å². The summed E-state index contributed by atoms with van der Waals surface area (Å²) in [5.41, 5.74) is 0. The lowest BCUT2D eigenvalue weighted by molar-refractivity contribution is -0.136. The first-order valence-corrected chi connectivity index (χ1v) is 13.7. The lowest BCUT2D eigenvalue weighted by Crippen LogP contribution is -2.57. The Balaban J connectivity index is 1.18. The second-order valence-corrected chi connectivity index (χ2v) is 12.2. The molecule has 2 aliphatic heterocycles. The van der Waals surface area contributed by atoms with Gasteiger partial charge in [-0.25, -0.2) is 18.4 Å². The zero-order valence-electron chi connectivity index (χ0n) is 18.1. The number of anilines is 1. The van der Waals surface area contributed by atoms with Crippen LogP contribution in [0.15, 0.2) is 40.7 Å². The number of piperazine rings is 2. The summed E-state index contributed by atoms with van der Waals surface area (Å²) in [6.07, 6.45) is 1.64. The summed E-state index contributed by atoms with van der Waals surface area (Å²) >= 11 is 13.1. The maximum absolute atomic E-state index is 13.2. The number of amides is 1. The van der Waals surface area contributed by atoms with E-state index in [-0.39, 0.29) is 28.5 Å². The quantitative estimate of drug-likeness (QED) is 0.459. The zero-order chi connectivity index (χ0) is 23.9. The standard InChI is InChI=1S/C21H22Cl2N6O3S2/c22-16-2-1-15-11-20(33-17(15)12-16)34(31,32)29-10-9-28(19(30)13-29)14-26-5-7-27(8-6-26)18-3-4-24-21(23)25-18/h1-4,11-12H,5-10,13-14H2. The topological polar surface area (TPSA) is 90.0 Å². The molecule has 0 saturated carbocycles. The van der Waals surface area contributed by atoms with Crippen molar-refractivity contribution in [1.29, 1.82) is 0 Å². The van der Waals surface area contributed by atoms with E-state index in [1.807, 2.05) is 6.07 Å². The number of aromatic nitrogens is 2. The van der Waals surface area contributed by atoms with Gasteiger partial charge in [0.2, 0.25) is 11.2 Å². The average Bonchev–Trinajstić information content (AvgIpc) is 3.25. The van der Waals surface area contributed by atoms with Crippen LogP contribution in [-0.2, 0) is 14.8 Å². The van der Waals surface area contributed by atoms with Crippen LogP contribution >= 0.6 is 34.5 Å².